The van der Waals surface area contributed by atoms with Crippen LogP contribution in [-0.4, -0.2) is 70.5 Å². The second-order valence-corrected chi connectivity index (χ2v) is 8.32. The van der Waals surface area contributed by atoms with Gasteiger partial charge in [0, 0.05) is 56.6 Å². The molecule has 0 bridgehead atoms. The van der Waals surface area contributed by atoms with Crippen molar-refractivity contribution in [3.63, 3.8) is 0 Å². The van der Waals surface area contributed by atoms with E-state index in [0.29, 0.717) is 31.1 Å². The molecule has 1 aromatic carbocycles. The van der Waals surface area contributed by atoms with Gasteiger partial charge in [-0.1, -0.05) is 6.07 Å². The predicted molar refractivity (Wildman–Crippen MR) is 117 cm³/mol. The number of ether oxygens (including phenoxy) is 2. The van der Waals surface area contributed by atoms with Gasteiger partial charge in [-0.2, -0.15) is 11.8 Å². The van der Waals surface area contributed by atoms with E-state index in [0.717, 1.165) is 42.5 Å². The number of nitrogens with one attached hydrogen (secondary N) is 1. The highest BCUT2D eigenvalue weighted by molar-refractivity contribution is 7.99. The Hall–Kier alpha value is -1.74. The molecule has 3 rings (SSSR count). The molecule has 0 radical (unpaired) electrons. The van der Waals surface area contributed by atoms with E-state index in [2.05, 4.69) is 26.7 Å². The van der Waals surface area contributed by atoms with Crippen LogP contribution in [-0.2, 0) is 19.6 Å². The van der Waals surface area contributed by atoms with Crippen molar-refractivity contribution in [1.82, 2.24) is 19.8 Å². The maximum absolute atomic E-state index is 10.3. The van der Waals surface area contributed by atoms with E-state index in [1.165, 1.54) is 0 Å². The zero-order chi connectivity index (χ0) is 20.5. The van der Waals surface area contributed by atoms with Gasteiger partial charge in [-0.05, 0) is 24.6 Å². The number of hydrogen-bond donors (Lipinski definition) is 2. The van der Waals surface area contributed by atoms with Crippen LogP contribution >= 0.6 is 11.8 Å². The summed E-state index contributed by atoms with van der Waals surface area (Å²) >= 11 is 1.97. The van der Waals surface area contributed by atoms with Gasteiger partial charge in [0.2, 0.25) is 0 Å². The first-order valence-electron chi connectivity index (χ1n) is 10.2. The van der Waals surface area contributed by atoms with E-state index >= 15 is 0 Å². The zero-order valence-corrected chi connectivity index (χ0v) is 18.2. The lowest BCUT2D eigenvalue weighted by molar-refractivity contribution is 0.0705. The van der Waals surface area contributed by atoms with E-state index in [9.17, 15) is 5.11 Å². The minimum atomic E-state index is -0.508. The number of β-amino-alcohol motifs (C(OH)–C–C–N with tert-alkyl or cyclic N) is 1. The second-order valence-electron chi connectivity index (χ2n) is 7.10. The maximum Gasteiger partial charge on any atom is 0.161 e. The van der Waals surface area contributed by atoms with E-state index in [4.69, 9.17) is 9.47 Å². The molecule has 1 saturated heterocycles. The topological polar surface area (TPSA) is 71.8 Å². The lowest BCUT2D eigenvalue weighted by Gasteiger charge is -2.28. The Balaban J connectivity index is 1.47. The molecule has 0 spiro atoms. The fraction of sp³-hybridized carbons (Fsp3) is 0.571. The Morgan fingerprint density at radius 3 is 2.83 bits per heavy atom. The first-order chi connectivity index (χ1) is 14.2. The van der Waals surface area contributed by atoms with Crippen LogP contribution in [0, 0.1) is 0 Å². The second kappa shape index (κ2) is 11.4. The van der Waals surface area contributed by atoms with Crippen LogP contribution in [0.2, 0.25) is 0 Å². The Morgan fingerprint density at radius 2 is 2.07 bits per heavy atom. The van der Waals surface area contributed by atoms with Crippen molar-refractivity contribution in [2.45, 2.75) is 32.7 Å². The number of rotatable bonds is 11. The lowest BCUT2D eigenvalue weighted by atomic mass is 10.2. The molecule has 2 aromatic rings. The van der Waals surface area contributed by atoms with E-state index < -0.39 is 6.10 Å². The minimum absolute atomic E-state index is 0.261. The van der Waals surface area contributed by atoms with Crippen LogP contribution in [0.1, 0.15) is 18.3 Å². The first kappa shape index (κ1) is 22.0. The summed E-state index contributed by atoms with van der Waals surface area (Å²) in [5.41, 5.74) is 1.11. The number of nitrogens with zero attached hydrogens (tertiary/aromatic N) is 3. The third-order valence-corrected chi connectivity index (χ3v) is 5.93. The number of thioether (sulfide) groups is 1. The number of aliphatic hydroxyl groups is 1. The molecule has 0 unspecified atom stereocenters. The summed E-state index contributed by atoms with van der Waals surface area (Å²) in [5, 5.41) is 13.7. The molecule has 160 valence electrons. The average molecular weight is 421 g/mol. The molecule has 0 aliphatic carbocycles. The van der Waals surface area contributed by atoms with Gasteiger partial charge >= 0.3 is 0 Å². The van der Waals surface area contributed by atoms with Crippen molar-refractivity contribution in [3.05, 3.63) is 42.0 Å². The number of hydrogen-bond acceptors (Lipinski definition) is 7. The highest BCUT2D eigenvalue weighted by atomic mass is 32.2. The normalized spacial score (nSPS) is 16.0. The molecular formula is C21H32N4O3S. The van der Waals surface area contributed by atoms with Crippen molar-refractivity contribution in [2.75, 3.05) is 44.9 Å². The molecule has 1 atom stereocenters. The fourth-order valence-electron chi connectivity index (χ4n) is 3.38. The van der Waals surface area contributed by atoms with Crippen LogP contribution in [0.25, 0.3) is 0 Å². The van der Waals surface area contributed by atoms with Crippen molar-refractivity contribution < 1.29 is 14.6 Å². The Bertz CT molecular complexity index is 749. The monoisotopic (exact) mass is 420 g/mol. The van der Waals surface area contributed by atoms with Gasteiger partial charge in [0.1, 0.15) is 18.5 Å². The summed E-state index contributed by atoms with van der Waals surface area (Å²) in [7, 11) is 1.64. The van der Waals surface area contributed by atoms with E-state index in [1.54, 1.807) is 7.11 Å². The molecule has 1 aromatic heterocycles. The smallest absolute Gasteiger partial charge is 0.161 e. The molecule has 8 heteroatoms. The van der Waals surface area contributed by atoms with Gasteiger partial charge in [0.25, 0.3) is 0 Å². The van der Waals surface area contributed by atoms with Crippen molar-refractivity contribution in [1.29, 1.82) is 0 Å². The van der Waals surface area contributed by atoms with Crippen molar-refractivity contribution >= 4 is 11.8 Å². The largest absolute Gasteiger partial charge is 0.493 e. The van der Waals surface area contributed by atoms with Gasteiger partial charge in [0.15, 0.2) is 11.5 Å². The quantitative estimate of drug-likeness (QED) is 0.576. The number of aryl methyl sites for hydroxylation is 1. The Morgan fingerprint density at radius 1 is 1.24 bits per heavy atom. The maximum atomic E-state index is 10.3. The molecule has 0 amide bonds. The molecule has 1 aliphatic rings. The highest BCUT2D eigenvalue weighted by Crippen LogP contribution is 2.28. The molecule has 2 heterocycles. The summed E-state index contributed by atoms with van der Waals surface area (Å²) in [6, 6.07) is 5.90. The van der Waals surface area contributed by atoms with Crippen LogP contribution in [0.3, 0.4) is 0 Å². The molecule has 7 nitrogen and oxygen atoms in total. The highest BCUT2D eigenvalue weighted by Gasteiger charge is 2.16. The summed E-state index contributed by atoms with van der Waals surface area (Å²) in [6.45, 7) is 7.42. The zero-order valence-electron chi connectivity index (χ0n) is 17.3. The summed E-state index contributed by atoms with van der Waals surface area (Å²) in [5.74, 6) is 4.64. The molecule has 1 fully saturated rings. The third kappa shape index (κ3) is 6.64. The molecule has 1 aliphatic heterocycles. The van der Waals surface area contributed by atoms with E-state index in [-0.39, 0.29) is 6.61 Å². The van der Waals surface area contributed by atoms with Crippen molar-refractivity contribution in [3.8, 4) is 11.5 Å². The number of aliphatic hydroxyl groups excluding tert-OH is 1. The van der Waals surface area contributed by atoms with Gasteiger partial charge in [-0.3, -0.25) is 4.90 Å². The number of methoxy groups -OCH3 is 1. The van der Waals surface area contributed by atoms with Crippen LogP contribution in [0.15, 0.2) is 30.6 Å². The molecule has 2 N–H and O–H groups in total. The van der Waals surface area contributed by atoms with Gasteiger partial charge in [-0.15, -0.1) is 0 Å². The summed E-state index contributed by atoms with van der Waals surface area (Å²) < 4.78 is 13.5. The molecule has 29 heavy (non-hydrogen) atoms. The van der Waals surface area contributed by atoms with Crippen LogP contribution < -0.4 is 14.8 Å². The van der Waals surface area contributed by atoms with Crippen LogP contribution in [0.4, 0.5) is 0 Å². The minimum Gasteiger partial charge on any atom is -0.493 e. The lowest BCUT2D eigenvalue weighted by Crippen LogP contribution is -2.40. The van der Waals surface area contributed by atoms with Gasteiger partial charge in [-0.25, -0.2) is 4.98 Å². The summed E-state index contributed by atoms with van der Waals surface area (Å²) in [6.07, 6.45) is 3.31. The van der Waals surface area contributed by atoms with Crippen LogP contribution in [0.5, 0.6) is 11.5 Å². The predicted octanol–water partition coefficient (Wildman–Crippen LogP) is 1.99. The fourth-order valence-corrected chi connectivity index (χ4v) is 4.35. The van der Waals surface area contributed by atoms with E-state index in [1.807, 2.05) is 42.4 Å². The standard InChI is InChI=1S/C21H32N4O3S/c1-3-25-7-6-23-21(25)14-22-13-17-4-5-19(20(12-17)27-2)28-16-18(26)15-24-8-10-29-11-9-24/h4-7,12,18,22,26H,3,8-11,13-16H2,1-2H3/t18-/m0/s1. The molecule has 0 saturated carbocycles. The Labute approximate surface area is 177 Å². The number of imidazole rings is 1. The summed E-state index contributed by atoms with van der Waals surface area (Å²) in [4.78, 5) is 6.67. The first-order valence-corrected chi connectivity index (χ1v) is 11.3. The number of benzene rings is 1. The van der Waals surface area contributed by atoms with Gasteiger partial charge < -0.3 is 24.5 Å². The molecular weight excluding hydrogens is 388 g/mol. The van der Waals surface area contributed by atoms with Gasteiger partial charge in [0.05, 0.1) is 13.7 Å². The average Bonchev–Trinajstić information content (AvgIpc) is 3.21. The van der Waals surface area contributed by atoms with Crippen molar-refractivity contribution in [2.24, 2.45) is 0 Å². The Kier molecular flexibility index (Phi) is 8.67. The SMILES string of the molecule is CCn1ccnc1CNCc1ccc(OC[C@@H](O)CN2CCSCC2)c(OC)c1. The number of aromatic nitrogens is 2. The third-order valence-electron chi connectivity index (χ3n) is 4.99.